The van der Waals surface area contributed by atoms with Crippen molar-refractivity contribution < 1.29 is 4.79 Å². The minimum atomic E-state index is -0.547. The summed E-state index contributed by atoms with van der Waals surface area (Å²) < 4.78 is 0. The van der Waals surface area contributed by atoms with E-state index in [-0.39, 0.29) is 5.69 Å². The van der Waals surface area contributed by atoms with Crippen LogP contribution in [0.3, 0.4) is 0 Å². The topological polar surface area (TPSA) is 56.0 Å². The second-order valence-electron chi connectivity index (χ2n) is 3.25. The van der Waals surface area contributed by atoms with E-state index in [9.17, 15) is 4.79 Å². The summed E-state index contributed by atoms with van der Waals surface area (Å²) in [5.74, 6) is -0.547. The summed E-state index contributed by atoms with van der Waals surface area (Å²) in [7, 11) is 0. The molecule has 0 aliphatic carbocycles. The summed E-state index contributed by atoms with van der Waals surface area (Å²) in [6, 6.07) is 12.4. The summed E-state index contributed by atoms with van der Waals surface area (Å²) in [4.78, 5) is 15.1. The van der Waals surface area contributed by atoms with Crippen molar-refractivity contribution in [1.29, 1.82) is 0 Å². The molecule has 1 amide bonds. The lowest BCUT2D eigenvalue weighted by molar-refractivity contribution is 0.0995. The molecule has 4 heteroatoms. The van der Waals surface area contributed by atoms with E-state index in [1.54, 1.807) is 24.3 Å². The molecule has 1 heterocycles. The molecule has 3 nitrogen and oxygen atoms in total. The minimum Gasteiger partial charge on any atom is -0.364 e. The van der Waals surface area contributed by atoms with Crippen molar-refractivity contribution in [2.24, 2.45) is 5.73 Å². The van der Waals surface area contributed by atoms with Crippen LogP contribution in [0, 0.1) is 0 Å². The number of halogens is 1. The van der Waals surface area contributed by atoms with Crippen molar-refractivity contribution in [3.63, 3.8) is 0 Å². The maximum atomic E-state index is 11.0. The zero-order valence-corrected chi connectivity index (χ0v) is 9.11. The molecular formula is C12H9ClN2O. The zero-order valence-electron chi connectivity index (χ0n) is 8.35. The van der Waals surface area contributed by atoms with E-state index >= 15 is 0 Å². The van der Waals surface area contributed by atoms with E-state index < -0.39 is 5.91 Å². The molecule has 1 aromatic heterocycles. The third kappa shape index (κ3) is 2.04. The maximum absolute atomic E-state index is 11.0. The first-order valence-corrected chi connectivity index (χ1v) is 5.08. The van der Waals surface area contributed by atoms with Gasteiger partial charge in [0.05, 0.1) is 5.69 Å². The highest BCUT2D eigenvalue weighted by molar-refractivity contribution is 6.33. The fourth-order valence-corrected chi connectivity index (χ4v) is 1.62. The Morgan fingerprint density at radius 2 is 1.88 bits per heavy atom. The average Bonchev–Trinajstić information content (AvgIpc) is 2.30. The van der Waals surface area contributed by atoms with E-state index in [1.165, 1.54) is 0 Å². The number of amides is 1. The number of hydrogen-bond acceptors (Lipinski definition) is 2. The lowest BCUT2D eigenvalue weighted by Gasteiger charge is -2.04. The van der Waals surface area contributed by atoms with Crippen LogP contribution in [0.2, 0.25) is 5.02 Å². The minimum absolute atomic E-state index is 0.234. The van der Waals surface area contributed by atoms with Gasteiger partial charge in [-0.15, -0.1) is 0 Å². The number of carbonyl (C=O) groups is 1. The van der Waals surface area contributed by atoms with Gasteiger partial charge in [-0.1, -0.05) is 35.9 Å². The number of hydrogen-bond donors (Lipinski definition) is 1. The highest BCUT2D eigenvalue weighted by Gasteiger charge is 2.07. The first-order chi connectivity index (χ1) is 7.68. The van der Waals surface area contributed by atoms with E-state index in [2.05, 4.69) is 4.98 Å². The summed E-state index contributed by atoms with van der Waals surface area (Å²) in [5.41, 5.74) is 6.82. The number of rotatable bonds is 2. The molecule has 2 aromatic rings. The van der Waals surface area contributed by atoms with Gasteiger partial charge in [-0.05, 0) is 18.2 Å². The standard InChI is InChI=1S/C12H9ClN2O/c13-9-5-2-1-4-8(9)10-6-3-7-11(15-10)12(14)16/h1-7H,(H2,14,16). The zero-order chi connectivity index (χ0) is 11.5. The van der Waals surface area contributed by atoms with Gasteiger partial charge in [0.25, 0.3) is 5.91 Å². The van der Waals surface area contributed by atoms with Crippen LogP contribution in [-0.4, -0.2) is 10.9 Å². The molecular weight excluding hydrogens is 224 g/mol. The molecule has 0 aliphatic rings. The Morgan fingerprint density at radius 3 is 2.56 bits per heavy atom. The highest BCUT2D eigenvalue weighted by atomic mass is 35.5. The van der Waals surface area contributed by atoms with Crippen molar-refractivity contribution in [2.45, 2.75) is 0 Å². The Hall–Kier alpha value is -1.87. The van der Waals surface area contributed by atoms with E-state index in [1.807, 2.05) is 18.2 Å². The highest BCUT2D eigenvalue weighted by Crippen LogP contribution is 2.25. The van der Waals surface area contributed by atoms with Crippen LogP contribution in [-0.2, 0) is 0 Å². The first-order valence-electron chi connectivity index (χ1n) is 4.70. The summed E-state index contributed by atoms with van der Waals surface area (Å²) in [6.07, 6.45) is 0. The molecule has 80 valence electrons. The number of aromatic nitrogens is 1. The molecule has 16 heavy (non-hydrogen) atoms. The SMILES string of the molecule is NC(=O)c1cccc(-c2ccccc2Cl)n1. The van der Waals surface area contributed by atoms with Gasteiger partial charge < -0.3 is 5.73 Å². The second-order valence-corrected chi connectivity index (χ2v) is 3.66. The third-order valence-corrected chi connectivity index (χ3v) is 2.48. The van der Waals surface area contributed by atoms with Crippen molar-refractivity contribution in [2.75, 3.05) is 0 Å². The van der Waals surface area contributed by atoms with Gasteiger partial charge in [0, 0.05) is 10.6 Å². The van der Waals surface area contributed by atoms with Crippen molar-refractivity contribution in [3.8, 4) is 11.3 Å². The Morgan fingerprint density at radius 1 is 1.12 bits per heavy atom. The van der Waals surface area contributed by atoms with Gasteiger partial charge in [0.15, 0.2) is 0 Å². The third-order valence-electron chi connectivity index (χ3n) is 2.15. The van der Waals surface area contributed by atoms with Crippen LogP contribution in [0.1, 0.15) is 10.5 Å². The smallest absolute Gasteiger partial charge is 0.267 e. The predicted molar refractivity (Wildman–Crippen MR) is 63.2 cm³/mol. The summed E-state index contributed by atoms with van der Waals surface area (Å²) in [5, 5.41) is 0.594. The average molecular weight is 233 g/mol. The Kier molecular flexibility index (Phi) is 2.88. The van der Waals surface area contributed by atoms with Crippen LogP contribution >= 0.6 is 11.6 Å². The lowest BCUT2D eigenvalue weighted by atomic mass is 10.1. The molecule has 0 fully saturated rings. The molecule has 2 N–H and O–H groups in total. The molecule has 0 atom stereocenters. The normalized spacial score (nSPS) is 10.1. The number of nitrogens with two attached hydrogens (primary N) is 1. The molecule has 0 unspecified atom stereocenters. The van der Waals surface area contributed by atoms with E-state index in [0.717, 1.165) is 5.56 Å². The van der Waals surface area contributed by atoms with Crippen LogP contribution in [0.4, 0.5) is 0 Å². The number of benzene rings is 1. The molecule has 0 spiro atoms. The number of carbonyl (C=O) groups excluding carboxylic acids is 1. The lowest BCUT2D eigenvalue weighted by Crippen LogP contribution is -2.13. The Bertz CT molecular complexity index is 540. The van der Waals surface area contributed by atoms with Gasteiger partial charge in [-0.2, -0.15) is 0 Å². The van der Waals surface area contributed by atoms with E-state index in [0.29, 0.717) is 10.7 Å². The first kappa shape index (κ1) is 10.6. The molecule has 0 aliphatic heterocycles. The molecule has 2 rings (SSSR count). The largest absolute Gasteiger partial charge is 0.364 e. The number of nitrogens with zero attached hydrogens (tertiary/aromatic N) is 1. The van der Waals surface area contributed by atoms with Crippen molar-refractivity contribution in [1.82, 2.24) is 4.98 Å². The second kappa shape index (κ2) is 4.33. The quantitative estimate of drug-likeness (QED) is 0.865. The van der Waals surface area contributed by atoms with E-state index in [4.69, 9.17) is 17.3 Å². The van der Waals surface area contributed by atoms with Gasteiger partial charge in [-0.3, -0.25) is 4.79 Å². The fraction of sp³-hybridized carbons (Fsp3) is 0. The number of primary amides is 1. The number of pyridine rings is 1. The fourth-order valence-electron chi connectivity index (χ4n) is 1.39. The summed E-state index contributed by atoms with van der Waals surface area (Å²) >= 11 is 6.03. The van der Waals surface area contributed by atoms with Gasteiger partial charge >= 0.3 is 0 Å². The van der Waals surface area contributed by atoms with Gasteiger partial charge in [0.1, 0.15) is 5.69 Å². The predicted octanol–water partition coefficient (Wildman–Crippen LogP) is 2.50. The van der Waals surface area contributed by atoms with Gasteiger partial charge in [-0.25, -0.2) is 4.98 Å². The maximum Gasteiger partial charge on any atom is 0.267 e. The molecule has 1 aromatic carbocycles. The molecule has 0 bridgehead atoms. The van der Waals surface area contributed by atoms with Gasteiger partial charge in [0.2, 0.25) is 0 Å². The van der Waals surface area contributed by atoms with Crippen LogP contribution in [0.15, 0.2) is 42.5 Å². The molecule has 0 radical (unpaired) electrons. The van der Waals surface area contributed by atoms with Crippen LogP contribution in [0.25, 0.3) is 11.3 Å². The molecule has 0 saturated carbocycles. The van der Waals surface area contributed by atoms with Crippen molar-refractivity contribution in [3.05, 3.63) is 53.2 Å². The monoisotopic (exact) mass is 232 g/mol. The van der Waals surface area contributed by atoms with Crippen LogP contribution in [0.5, 0.6) is 0 Å². The van der Waals surface area contributed by atoms with Crippen molar-refractivity contribution >= 4 is 17.5 Å². The Balaban J connectivity index is 2.53. The summed E-state index contributed by atoms with van der Waals surface area (Å²) in [6.45, 7) is 0. The Labute approximate surface area is 97.9 Å². The van der Waals surface area contributed by atoms with Crippen LogP contribution < -0.4 is 5.73 Å². The molecule has 0 saturated heterocycles.